The fourth-order valence-corrected chi connectivity index (χ4v) is 3.40. The normalized spacial score (nSPS) is 16.5. The summed E-state index contributed by atoms with van der Waals surface area (Å²) in [6, 6.07) is 10.2. The maximum atomic E-state index is 12.6. The summed E-state index contributed by atoms with van der Waals surface area (Å²) < 4.78 is 3.89. The number of fused-ring (bicyclic) bond motifs is 1. The maximum Gasteiger partial charge on any atom is 0.223 e. The molecule has 0 fully saturated rings. The van der Waals surface area contributed by atoms with Crippen LogP contribution in [0.15, 0.2) is 43.0 Å². The third-order valence-electron chi connectivity index (χ3n) is 4.65. The molecule has 26 heavy (non-hydrogen) atoms. The van der Waals surface area contributed by atoms with E-state index in [2.05, 4.69) is 31.8 Å². The molecule has 8 heteroatoms. The molecular weight excluding hydrogens is 330 g/mol. The van der Waals surface area contributed by atoms with Gasteiger partial charge in [0.25, 0.3) is 0 Å². The minimum absolute atomic E-state index is 0.142. The van der Waals surface area contributed by atoms with Crippen LogP contribution in [-0.4, -0.2) is 46.9 Å². The summed E-state index contributed by atoms with van der Waals surface area (Å²) in [4.78, 5) is 18.4. The van der Waals surface area contributed by atoms with Gasteiger partial charge in [0, 0.05) is 25.1 Å². The van der Waals surface area contributed by atoms with Crippen LogP contribution in [0.3, 0.4) is 0 Å². The Morgan fingerprint density at radius 3 is 2.85 bits per heavy atom. The van der Waals surface area contributed by atoms with Gasteiger partial charge in [0.1, 0.15) is 12.7 Å². The summed E-state index contributed by atoms with van der Waals surface area (Å²) in [6.45, 7) is 3.98. The van der Waals surface area contributed by atoms with Gasteiger partial charge in [0.15, 0.2) is 11.6 Å². The number of carbonyl (C=O) groups is 1. The van der Waals surface area contributed by atoms with Gasteiger partial charge in [-0.1, -0.05) is 30.3 Å². The monoisotopic (exact) mass is 351 g/mol. The fourth-order valence-electron chi connectivity index (χ4n) is 3.40. The summed E-state index contributed by atoms with van der Waals surface area (Å²) in [5, 5.41) is 12.8. The predicted octanol–water partition coefficient (Wildman–Crippen LogP) is 1.92. The summed E-state index contributed by atoms with van der Waals surface area (Å²) in [5.74, 6) is 1.85. The molecule has 0 saturated heterocycles. The zero-order valence-electron chi connectivity index (χ0n) is 14.7. The number of hydrogen-bond acceptors (Lipinski definition) is 5. The van der Waals surface area contributed by atoms with Crippen LogP contribution in [0.5, 0.6) is 0 Å². The van der Waals surface area contributed by atoms with Gasteiger partial charge in [-0.15, -0.1) is 10.2 Å². The lowest BCUT2D eigenvalue weighted by atomic mass is 10.1. The smallest absolute Gasteiger partial charge is 0.223 e. The Balaban J connectivity index is 1.43. The number of amides is 1. The lowest BCUT2D eigenvalue weighted by Gasteiger charge is -2.32. The van der Waals surface area contributed by atoms with Crippen LogP contribution in [-0.2, 0) is 17.9 Å². The second kappa shape index (κ2) is 7.07. The van der Waals surface area contributed by atoms with E-state index < -0.39 is 0 Å². The van der Waals surface area contributed by atoms with Crippen molar-refractivity contribution in [3.05, 3.63) is 48.8 Å². The Kier molecular flexibility index (Phi) is 4.47. The molecule has 3 heterocycles. The van der Waals surface area contributed by atoms with Crippen molar-refractivity contribution in [2.75, 3.05) is 6.54 Å². The third kappa shape index (κ3) is 3.22. The Hall–Kier alpha value is -3.03. The van der Waals surface area contributed by atoms with E-state index in [4.69, 9.17) is 0 Å². The van der Waals surface area contributed by atoms with E-state index in [1.165, 1.54) is 6.33 Å². The van der Waals surface area contributed by atoms with Gasteiger partial charge in [-0.2, -0.15) is 5.10 Å². The van der Waals surface area contributed by atoms with Crippen LogP contribution in [0.2, 0.25) is 0 Å². The molecule has 2 aromatic heterocycles. The minimum atomic E-state index is 0.142. The average molecular weight is 351 g/mol. The number of rotatable bonds is 5. The Morgan fingerprint density at radius 1 is 1.23 bits per heavy atom. The van der Waals surface area contributed by atoms with E-state index >= 15 is 0 Å². The molecule has 0 unspecified atom stereocenters. The largest absolute Gasteiger partial charge is 0.333 e. The van der Waals surface area contributed by atoms with Crippen molar-refractivity contribution in [3.8, 4) is 11.4 Å². The maximum absolute atomic E-state index is 12.6. The zero-order chi connectivity index (χ0) is 17.9. The van der Waals surface area contributed by atoms with E-state index in [1.807, 2.05) is 35.2 Å². The van der Waals surface area contributed by atoms with Gasteiger partial charge in [-0.25, -0.2) is 4.98 Å². The van der Waals surface area contributed by atoms with Crippen molar-refractivity contribution < 1.29 is 4.79 Å². The fraction of sp³-hybridized carbons (Fsp3) is 0.389. The van der Waals surface area contributed by atoms with Gasteiger partial charge in [-0.3, -0.25) is 9.48 Å². The SMILES string of the molecule is C[C@H]1CN(C(=O)CCCn2cncn2)Cc2nnc(-c3ccccc3)n21. The topological polar surface area (TPSA) is 81.7 Å². The molecule has 1 atom stereocenters. The molecule has 0 N–H and O–H groups in total. The zero-order valence-corrected chi connectivity index (χ0v) is 14.7. The van der Waals surface area contributed by atoms with E-state index in [9.17, 15) is 4.79 Å². The Labute approximate surface area is 151 Å². The number of hydrogen-bond donors (Lipinski definition) is 0. The lowest BCUT2D eigenvalue weighted by molar-refractivity contribution is -0.133. The molecule has 0 bridgehead atoms. The van der Waals surface area contributed by atoms with E-state index in [0.717, 1.165) is 23.6 Å². The van der Waals surface area contributed by atoms with Gasteiger partial charge < -0.3 is 9.47 Å². The van der Waals surface area contributed by atoms with Gasteiger partial charge in [-0.05, 0) is 13.3 Å². The van der Waals surface area contributed by atoms with Crippen molar-refractivity contribution in [1.82, 2.24) is 34.4 Å². The van der Waals surface area contributed by atoms with Crippen LogP contribution < -0.4 is 0 Å². The van der Waals surface area contributed by atoms with Crippen LogP contribution >= 0.6 is 0 Å². The molecule has 1 aliphatic rings. The molecule has 134 valence electrons. The van der Waals surface area contributed by atoms with Crippen LogP contribution in [0.1, 0.15) is 31.6 Å². The first-order chi connectivity index (χ1) is 12.7. The molecular formula is C18H21N7O. The highest BCUT2D eigenvalue weighted by atomic mass is 16.2. The van der Waals surface area contributed by atoms with E-state index in [1.54, 1.807) is 11.0 Å². The van der Waals surface area contributed by atoms with Crippen molar-refractivity contribution >= 4 is 5.91 Å². The Bertz CT molecular complexity index is 872. The standard InChI is InChI=1S/C18H21N7O/c1-14-10-23(17(26)8-5-9-24-13-19-12-20-24)11-16-21-22-18(25(14)16)15-6-3-2-4-7-15/h2-4,6-7,12-14H,5,8-11H2,1H3/t14-/m0/s1. The summed E-state index contributed by atoms with van der Waals surface area (Å²) in [5.41, 5.74) is 1.05. The molecule has 1 aliphatic heterocycles. The first-order valence-electron chi connectivity index (χ1n) is 8.82. The lowest BCUT2D eigenvalue weighted by Crippen LogP contribution is -2.40. The second-order valence-corrected chi connectivity index (χ2v) is 6.56. The highest BCUT2D eigenvalue weighted by Gasteiger charge is 2.29. The number of aryl methyl sites for hydroxylation is 1. The summed E-state index contributed by atoms with van der Waals surface area (Å²) in [7, 11) is 0. The van der Waals surface area contributed by atoms with Crippen LogP contribution in [0.25, 0.3) is 11.4 Å². The predicted molar refractivity (Wildman–Crippen MR) is 94.8 cm³/mol. The quantitative estimate of drug-likeness (QED) is 0.701. The Morgan fingerprint density at radius 2 is 2.08 bits per heavy atom. The van der Waals surface area contributed by atoms with Crippen LogP contribution in [0.4, 0.5) is 0 Å². The molecule has 0 radical (unpaired) electrons. The van der Waals surface area contributed by atoms with Crippen molar-refractivity contribution in [2.24, 2.45) is 0 Å². The summed E-state index contributed by atoms with van der Waals surface area (Å²) in [6.07, 6.45) is 4.41. The molecule has 4 rings (SSSR count). The number of carbonyl (C=O) groups excluding carboxylic acids is 1. The van der Waals surface area contributed by atoms with E-state index in [-0.39, 0.29) is 11.9 Å². The molecule has 0 spiro atoms. The average Bonchev–Trinajstić information content (AvgIpc) is 3.32. The molecule has 8 nitrogen and oxygen atoms in total. The molecule has 1 aromatic carbocycles. The van der Waals surface area contributed by atoms with Gasteiger partial charge in [0.05, 0.1) is 12.6 Å². The third-order valence-corrected chi connectivity index (χ3v) is 4.65. The summed E-state index contributed by atoms with van der Waals surface area (Å²) >= 11 is 0. The first-order valence-corrected chi connectivity index (χ1v) is 8.82. The first kappa shape index (κ1) is 16.4. The highest BCUT2D eigenvalue weighted by Crippen LogP contribution is 2.27. The number of aromatic nitrogens is 6. The highest BCUT2D eigenvalue weighted by molar-refractivity contribution is 5.76. The van der Waals surface area contributed by atoms with Gasteiger partial charge in [0.2, 0.25) is 5.91 Å². The second-order valence-electron chi connectivity index (χ2n) is 6.56. The van der Waals surface area contributed by atoms with Crippen molar-refractivity contribution in [3.63, 3.8) is 0 Å². The molecule has 0 saturated carbocycles. The van der Waals surface area contributed by atoms with Crippen molar-refractivity contribution in [1.29, 1.82) is 0 Å². The van der Waals surface area contributed by atoms with Crippen molar-refractivity contribution in [2.45, 2.75) is 38.9 Å². The molecule has 3 aromatic rings. The number of nitrogens with zero attached hydrogens (tertiary/aromatic N) is 7. The van der Waals surface area contributed by atoms with Gasteiger partial charge >= 0.3 is 0 Å². The molecule has 1 amide bonds. The molecule has 0 aliphatic carbocycles. The van der Waals surface area contributed by atoms with E-state index in [0.29, 0.717) is 26.1 Å². The minimum Gasteiger partial charge on any atom is -0.333 e. The van der Waals surface area contributed by atoms with Crippen LogP contribution in [0, 0.1) is 0 Å². The number of benzene rings is 1.